The van der Waals surface area contributed by atoms with Gasteiger partial charge in [-0.1, -0.05) is 43.3 Å². The first-order chi connectivity index (χ1) is 13.5. The quantitative estimate of drug-likeness (QED) is 0.743. The molecule has 0 aromatic heterocycles. The fourth-order valence-electron chi connectivity index (χ4n) is 3.23. The zero-order valence-electron chi connectivity index (χ0n) is 16.3. The maximum Gasteiger partial charge on any atom is 0.226 e. The molecule has 1 saturated carbocycles. The molecule has 152 valence electrons. The van der Waals surface area contributed by atoms with Crippen LogP contribution in [0, 0.1) is 23.5 Å². The predicted octanol–water partition coefficient (Wildman–Crippen LogP) is 4.38. The van der Waals surface area contributed by atoms with E-state index in [0.29, 0.717) is 35.9 Å². The standard InChI is InChI=1S/C12H8F2.C9H16N2O.CH4S/c13-10-7-4-8-11(14)12(10)9-5-2-1-3-6-9;1-6-4-8(6)9(12)11-3-2-7(11)5-10;1-2/h1-8H;6-8H,2-5,10H2,1H3;2H,1H3/t;6-,7-,8+;/m.0./s1. The van der Waals surface area contributed by atoms with Gasteiger partial charge in [-0.15, -0.1) is 0 Å². The molecular formula is C22H28F2N2OS. The number of rotatable bonds is 3. The molecule has 0 unspecified atom stereocenters. The van der Waals surface area contributed by atoms with Crippen LogP contribution in [-0.4, -0.2) is 36.2 Å². The highest BCUT2D eigenvalue weighted by Crippen LogP contribution is 2.40. The van der Waals surface area contributed by atoms with Crippen LogP contribution in [0.1, 0.15) is 19.8 Å². The van der Waals surface area contributed by atoms with Crippen molar-refractivity contribution in [2.24, 2.45) is 17.6 Å². The van der Waals surface area contributed by atoms with Gasteiger partial charge in [0.1, 0.15) is 11.6 Å². The van der Waals surface area contributed by atoms with Gasteiger partial charge in [0, 0.05) is 25.0 Å². The Morgan fingerprint density at radius 1 is 1.11 bits per heavy atom. The van der Waals surface area contributed by atoms with Gasteiger partial charge < -0.3 is 10.6 Å². The number of benzene rings is 2. The predicted molar refractivity (Wildman–Crippen MR) is 113 cm³/mol. The monoisotopic (exact) mass is 406 g/mol. The molecule has 0 spiro atoms. The van der Waals surface area contributed by atoms with Gasteiger partial charge in [0.25, 0.3) is 0 Å². The SMILES string of the molecule is CS.C[C@H]1C[C@H]1C(=O)N1CC[C@H]1CN.Fc1cccc(F)c1-c1ccccc1. The van der Waals surface area contributed by atoms with Crippen LogP contribution in [0.3, 0.4) is 0 Å². The molecule has 1 saturated heterocycles. The second-order valence-electron chi connectivity index (χ2n) is 6.99. The third kappa shape index (κ3) is 5.32. The molecule has 2 fully saturated rings. The molecule has 2 aromatic rings. The summed E-state index contributed by atoms with van der Waals surface area (Å²) in [6.07, 6.45) is 3.88. The molecule has 4 rings (SSSR count). The Bertz CT molecular complexity index is 750. The van der Waals surface area contributed by atoms with Crippen LogP contribution >= 0.6 is 12.6 Å². The van der Waals surface area contributed by atoms with E-state index in [2.05, 4.69) is 19.6 Å². The van der Waals surface area contributed by atoms with Crippen LogP contribution in [0.5, 0.6) is 0 Å². The highest BCUT2D eigenvalue weighted by molar-refractivity contribution is 7.79. The van der Waals surface area contributed by atoms with Crippen LogP contribution in [0.4, 0.5) is 8.78 Å². The van der Waals surface area contributed by atoms with Crippen molar-refractivity contribution < 1.29 is 13.6 Å². The van der Waals surface area contributed by atoms with Crippen LogP contribution in [-0.2, 0) is 4.79 Å². The van der Waals surface area contributed by atoms with E-state index in [1.807, 2.05) is 11.0 Å². The number of likely N-dealkylation sites (tertiary alicyclic amines) is 1. The number of carbonyl (C=O) groups is 1. The van der Waals surface area contributed by atoms with E-state index in [4.69, 9.17) is 5.73 Å². The van der Waals surface area contributed by atoms with Crippen LogP contribution in [0.2, 0.25) is 0 Å². The average molecular weight is 407 g/mol. The zero-order chi connectivity index (χ0) is 20.7. The van der Waals surface area contributed by atoms with Gasteiger partial charge in [-0.25, -0.2) is 8.78 Å². The first-order valence-electron chi connectivity index (χ1n) is 9.47. The van der Waals surface area contributed by atoms with Gasteiger partial charge in [0.05, 0.1) is 5.56 Å². The first-order valence-corrected chi connectivity index (χ1v) is 10.4. The average Bonchev–Trinajstić information content (AvgIpc) is 3.41. The summed E-state index contributed by atoms with van der Waals surface area (Å²) in [5, 5.41) is 0. The maximum absolute atomic E-state index is 13.3. The van der Waals surface area contributed by atoms with Crippen LogP contribution in [0.15, 0.2) is 48.5 Å². The van der Waals surface area contributed by atoms with Crippen LogP contribution < -0.4 is 5.73 Å². The Hall–Kier alpha value is -1.92. The summed E-state index contributed by atoms with van der Waals surface area (Å²) in [5.74, 6) is 0.243. The number of carbonyl (C=O) groups excluding carboxylic acids is 1. The highest BCUT2D eigenvalue weighted by atomic mass is 32.1. The van der Waals surface area contributed by atoms with E-state index in [9.17, 15) is 13.6 Å². The van der Waals surface area contributed by atoms with E-state index in [0.717, 1.165) is 19.4 Å². The summed E-state index contributed by atoms with van der Waals surface area (Å²) in [6, 6.07) is 12.9. The Morgan fingerprint density at radius 3 is 2.11 bits per heavy atom. The second-order valence-corrected chi connectivity index (χ2v) is 6.99. The lowest BCUT2D eigenvalue weighted by molar-refractivity contribution is -0.140. The number of halogens is 2. The number of nitrogens with two attached hydrogens (primary N) is 1. The zero-order valence-corrected chi connectivity index (χ0v) is 17.2. The third-order valence-electron chi connectivity index (χ3n) is 5.15. The fourth-order valence-corrected chi connectivity index (χ4v) is 3.23. The van der Waals surface area contributed by atoms with Gasteiger partial charge in [-0.05, 0) is 42.7 Å². The van der Waals surface area contributed by atoms with Gasteiger partial charge in [0.15, 0.2) is 0 Å². The van der Waals surface area contributed by atoms with Crippen LogP contribution in [0.25, 0.3) is 11.1 Å². The summed E-state index contributed by atoms with van der Waals surface area (Å²) >= 11 is 3.53. The van der Waals surface area contributed by atoms with E-state index < -0.39 is 11.6 Å². The summed E-state index contributed by atoms with van der Waals surface area (Å²) in [6.45, 7) is 3.70. The highest BCUT2D eigenvalue weighted by Gasteiger charge is 2.44. The minimum absolute atomic E-state index is 0.0353. The fraction of sp³-hybridized carbons (Fsp3) is 0.409. The number of hydrogen-bond acceptors (Lipinski definition) is 3. The van der Waals surface area contributed by atoms with Crippen molar-refractivity contribution in [3.63, 3.8) is 0 Å². The topological polar surface area (TPSA) is 46.3 Å². The number of thiol groups is 1. The number of nitrogens with zero attached hydrogens (tertiary/aromatic N) is 1. The van der Waals surface area contributed by atoms with E-state index >= 15 is 0 Å². The van der Waals surface area contributed by atoms with Crippen molar-refractivity contribution in [1.82, 2.24) is 4.90 Å². The molecule has 2 N–H and O–H groups in total. The van der Waals surface area contributed by atoms with Crippen molar-refractivity contribution in [3.8, 4) is 11.1 Å². The molecule has 3 atom stereocenters. The molecule has 2 aromatic carbocycles. The van der Waals surface area contributed by atoms with E-state index in [1.54, 1.807) is 30.5 Å². The molecule has 1 aliphatic carbocycles. The summed E-state index contributed by atoms with van der Waals surface area (Å²) in [5.41, 5.74) is 6.12. The normalized spacial score (nSPS) is 22.1. The van der Waals surface area contributed by atoms with Gasteiger partial charge in [-0.3, -0.25) is 4.79 Å². The Morgan fingerprint density at radius 2 is 1.68 bits per heavy atom. The molecule has 1 aliphatic heterocycles. The lowest BCUT2D eigenvalue weighted by Gasteiger charge is -2.40. The first kappa shape index (κ1) is 22.4. The van der Waals surface area contributed by atoms with E-state index in [1.165, 1.54) is 18.2 Å². The summed E-state index contributed by atoms with van der Waals surface area (Å²) in [7, 11) is 0. The second kappa shape index (κ2) is 10.6. The third-order valence-corrected chi connectivity index (χ3v) is 5.15. The van der Waals surface area contributed by atoms with Gasteiger partial charge in [-0.2, -0.15) is 12.6 Å². The molecule has 1 amide bonds. The Balaban J connectivity index is 0.000000186. The minimum Gasteiger partial charge on any atom is -0.338 e. The molecular weight excluding hydrogens is 378 g/mol. The van der Waals surface area contributed by atoms with E-state index in [-0.39, 0.29) is 5.56 Å². The molecule has 0 radical (unpaired) electrons. The van der Waals surface area contributed by atoms with Gasteiger partial charge >= 0.3 is 0 Å². The Kier molecular flexibility index (Phi) is 8.45. The van der Waals surface area contributed by atoms with Crippen molar-refractivity contribution in [3.05, 3.63) is 60.2 Å². The van der Waals surface area contributed by atoms with Gasteiger partial charge in [0.2, 0.25) is 5.91 Å². The van der Waals surface area contributed by atoms with Crippen molar-refractivity contribution in [1.29, 1.82) is 0 Å². The number of hydrogen-bond donors (Lipinski definition) is 2. The largest absolute Gasteiger partial charge is 0.338 e. The maximum atomic E-state index is 13.3. The lowest BCUT2D eigenvalue weighted by atomic mass is 10.0. The molecule has 28 heavy (non-hydrogen) atoms. The van der Waals surface area contributed by atoms with Crippen molar-refractivity contribution >= 4 is 18.5 Å². The summed E-state index contributed by atoms with van der Waals surface area (Å²) < 4.78 is 26.6. The lowest BCUT2D eigenvalue weighted by Crippen LogP contribution is -2.55. The number of amides is 1. The molecule has 0 bridgehead atoms. The molecule has 6 heteroatoms. The van der Waals surface area contributed by atoms with Crippen molar-refractivity contribution in [2.45, 2.75) is 25.8 Å². The smallest absolute Gasteiger partial charge is 0.226 e. The molecule has 1 heterocycles. The Labute approximate surface area is 171 Å². The minimum atomic E-state index is -0.531. The molecule has 3 nitrogen and oxygen atoms in total. The van der Waals surface area contributed by atoms with Crippen molar-refractivity contribution in [2.75, 3.05) is 19.3 Å². The summed E-state index contributed by atoms with van der Waals surface area (Å²) in [4.78, 5) is 13.6. The molecule has 2 aliphatic rings.